The number of hydrogen-bond donors (Lipinski definition) is 2. The summed E-state index contributed by atoms with van der Waals surface area (Å²) in [5, 5.41) is 6.49. The van der Waals surface area contributed by atoms with Gasteiger partial charge in [0.1, 0.15) is 0 Å². The summed E-state index contributed by atoms with van der Waals surface area (Å²) in [6, 6.07) is 0.0157. The Morgan fingerprint density at radius 3 is 2.65 bits per heavy atom. The topological polar surface area (TPSA) is 46.1 Å². The van der Waals surface area contributed by atoms with Crippen molar-refractivity contribution in [1.29, 1.82) is 0 Å². The molecule has 0 bridgehead atoms. The summed E-state index contributed by atoms with van der Waals surface area (Å²) in [7, 11) is 2.15. The van der Waals surface area contributed by atoms with Crippen LogP contribution in [0.2, 0.25) is 0 Å². The number of hydrogen-bond acceptors (Lipinski definition) is 4. The van der Waals surface area contributed by atoms with Crippen molar-refractivity contribution in [2.45, 2.75) is 32.0 Å². The van der Waals surface area contributed by atoms with Crippen molar-refractivity contribution in [3.8, 4) is 0 Å². The van der Waals surface area contributed by atoms with Crippen LogP contribution in [0.1, 0.15) is 19.8 Å². The van der Waals surface area contributed by atoms with Gasteiger partial charge >= 0.3 is 6.18 Å². The molecule has 2 fully saturated rings. The number of nitrogens with zero attached hydrogens (tertiary/aromatic N) is 4. The highest BCUT2D eigenvalue weighted by Crippen LogP contribution is 2.19. The van der Waals surface area contributed by atoms with Gasteiger partial charge in [-0.05, 0) is 39.9 Å². The van der Waals surface area contributed by atoms with Gasteiger partial charge in [0.15, 0.2) is 5.96 Å². The van der Waals surface area contributed by atoms with Crippen molar-refractivity contribution in [3.05, 3.63) is 0 Å². The number of aliphatic imine (C=N–C) groups is 1. The van der Waals surface area contributed by atoms with E-state index in [0.717, 1.165) is 39.3 Å². The fourth-order valence-electron chi connectivity index (χ4n) is 3.49. The Labute approximate surface area is 154 Å². The van der Waals surface area contributed by atoms with Gasteiger partial charge in [0, 0.05) is 45.3 Å². The van der Waals surface area contributed by atoms with E-state index >= 15 is 0 Å². The number of rotatable bonds is 6. The maximum atomic E-state index is 12.5. The van der Waals surface area contributed by atoms with E-state index in [-0.39, 0.29) is 6.04 Å². The van der Waals surface area contributed by atoms with Crippen LogP contribution in [0.5, 0.6) is 0 Å². The normalized spacial score (nSPS) is 24.7. The van der Waals surface area contributed by atoms with Crippen LogP contribution in [-0.2, 0) is 0 Å². The number of guanidine groups is 1. The Bertz CT molecular complexity index is 443. The van der Waals surface area contributed by atoms with Crippen LogP contribution in [0.15, 0.2) is 4.99 Å². The number of halogens is 3. The van der Waals surface area contributed by atoms with E-state index in [1.807, 2.05) is 6.92 Å². The van der Waals surface area contributed by atoms with Crippen molar-refractivity contribution in [3.63, 3.8) is 0 Å². The minimum absolute atomic E-state index is 0.0157. The van der Waals surface area contributed by atoms with Crippen molar-refractivity contribution >= 4 is 5.96 Å². The summed E-state index contributed by atoms with van der Waals surface area (Å²) < 4.78 is 37.5. The molecule has 2 rings (SSSR count). The maximum absolute atomic E-state index is 12.5. The minimum atomic E-state index is -4.13. The Balaban J connectivity index is 1.76. The second-order valence-corrected chi connectivity index (χ2v) is 7.24. The number of likely N-dealkylation sites (tertiary alicyclic amines) is 1. The molecular formula is C17H33F3N6. The monoisotopic (exact) mass is 378 g/mol. The molecule has 0 aromatic heterocycles. The molecule has 2 saturated heterocycles. The lowest BCUT2D eigenvalue weighted by atomic mass is 10.3. The molecular weight excluding hydrogens is 345 g/mol. The van der Waals surface area contributed by atoms with Crippen LogP contribution < -0.4 is 10.6 Å². The van der Waals surface area contributed by atoms with Gasteiger partial charge in [-0.3, -0.25) is 9.89 Å². The van der Waals surface area contributed by atoms with Crippen molar-refractivity contribution in [1.82, 2.24) is 25.3 Å². The van der Waals surface area contributed by atoms with Crippen molar-refractivity contribution < 1.29 is 13.2 Å². The van der Waals surface area contributed by atoms with Crippen molar-refractivity contribution in [2.75, 3.05) is 72.5 Å². The lowest BCUT2D eigenvalue weighted by Crippen LogP contribution is -2.45. The fourth-order valence-corrected chi connectivity index (χ4v) is 3.49. The van der Waals surface area contributed by atoms with E-state index in [2.05, 4.69) is 32.5 Å². The molecule has 2 N–H and O–H groups in total. The molecule has 6 nitrogen and oxygen atoms in total. The third kappa shape index (κ3) is 8.09. The predicted octanol–water partition coefficient (Wildman–Crippen LogP) is 0.816. The highest BCUT2D eigenvalue weighted by Gasteiger charge is 2.34. The summed E-state index contributed by atoms with van der Waals surface area (Å²) in [5.74, 6) is 0.707. The van der Waals surface area contributed by atoms with Crippen molar-refractivity contribution in [2.24, 2.45) is 4.99 Å². The quantitative estimate of drug-likeness (QED) is 0.529. The number of nitrogens with one attached hydrogen (secondary N) is 2. The zero-order valence-corrected chi connectivity index (χ0v) is 16.0. The van der Waals surface area contributed by atoms with Gasteiger partial charge in [-0.1, -0.05) is 0 Å². The molecule has 0 aromatic rings. The van der Waals surface area contributed by atoms with Crippen LogP contribution in [0, 0.1) is 0 Å². The van der Waals surface area contributed by atoms with Gasteiger partial charge in [-0.2, -0.15) is 13.2 Å². The Morgan fingerprint density at radius 2 is 1.92 bits per heavy atom. The van der Waals surface area contributed by atoms with Crippen LogP contribution in [0.25, 0.3) is 0 Å². The van der Waals surface area contributed by atoms with Crippen LogP contribution in [0.3, 0.4) is 0 Å². The SMILES string of the molecule is CCNC(=NCCN1CCCN(C)CC1)NC1CCN(CC(F)(F)F)C1. The average molecular weight is 378 g/mol. The zero-order valence-electron chi connectivity index (χ0n) is 16.0. The third-order valence-corrected chi connectivity index (χ3v) is 4.86. The minimum Gasteiger partial charge on any atom is -0.357 e. The van der Waals surface area contributed by atoms with E-state index in [4.69, 9.17) is 0 Å². The molecule has 26 heavy (non-hydrogen) atoms. The molecule has 1 atom stereocenters. The summed E-state index contributed by atoms with van der Waals surface area (Å²) in [5.41, 5.74) is 0. The molecule has 0 aromatic carbocycles. The maximum Gasteiger partial charge on any atom is 0.401 e. The van der Waals surface area contributed by atoms with Gasteiger partial charge in [-0.15, -0.1) is 0 Å². The summed E-state index contributed by atoms with van der Waals surface area (Å²) in [4.78, 5) is 10.8. The van der Waals surface area contributed by atoms with Gasteiger partial charge in [-0.25, -0.2) is 0 Å². The average Bonchev–Trinajstić information content (AvgIpc) is 2.85. The first-order chi connectivity index (χ1) is 12.4. The molecule has 2 aliphatic heterocycles. The van der Waals surface area contributed by atoms with E-state index in [1.165, 1.54) is 11.3 Å². The molecule has 152 valence electrons. The Kier molecular flexibility index (Phi) is 8.43. The van der Waals surface area contributed by atoms with Crippen LogP contribution in [0.4, 0.5) is 13.2 Å². The van der Waals surface area contributed by atoms with E-state index < -0.39 is 12.7 Å². The fraction of sp³-hybridized carbons (Fsp3) is 0.941. The standard InChI is InChI=1S/C17H33F3N6/c1-3-21-16(22-6-10-25-8-4-7-24(2)11-12-25)23-15-5-9-26(13-15)14-17(18,19)20/h15H,3-14H2,1-2H3,(H2,21,22,23). The molecule has 2 aliphatic rings. The van der Waals surface area contributed by atoms with E-state index in [0.29, 0.717) is 32.0 Å². The first-order valence-electron chi connectivity index (χ1n) is 9.60. The molecule has 0 radical (unpaired) electrons. The first-order valence-corrected chi connectivity index (χ1v) is 9.60. The second-order valence-electron chi connectivity index (χ2n) is 7.24. The van der Waals surface area contributed by atoms with Gasteiger partial charge in [0.25, 0.3) is 0 Å². The Hall–Kier alpha value is -1.06. The highest BCUT2D eigenvalue weighted by atomic mass is 19.4. The van der Waals surface area contributed by atoms with Gasteiger partial charge < -0.3 is 20.4 Å². The zero-order chi connectivity index (χ0) is 19.0. The van der Waals surface area contributed by atoms with E-state index in [1.54, 1.807) is 0 Å². The van der Waals surface area contributed by atoms with Crippen LogP contribution in [-0.4, -0.2) is 105 Å². The lowest BCUT2D eigenvalue weighted by Gasteiger charge is -2.21. The largest absolute Gasteiger partial charge is 0.401 e. The summed E-state index contributed by atoms with van der Waals surface area (Å²) >= 11 is 0. The summed E-state index contributed by atoms with van der Waals surface area (Å²) in [6.45, 7) is 8.75. The molecule has 2 heterocycles. The second kappa shape index (κ2) is 10.3. The molecule has 0 aliphatic carbocycles. The molecule has 0 amide bonds. The molecule has 0 saturated carbocycles. The molecule has 9 heteroatoms. The molecule has 1 unspecified atom stereocenters. The van der Waals surface area contributed by atoms with Crippen LogP contribution >= 0.6 is 0 Å². The van der Waals surface area contributed by atoms with Gasteiger partial charge in [0.2, 0.25) is 0 Å². The smallest absolute Gasteiger partial charge is 0.357 e. The first kappa shape index (κ1) is 21.2. The molecule has 0 spiro atoms. The Morgan fingerprint density at radius 1 is 1.12 bits per heavy atom. The lowest BCUT2D eigenvalue weighted by molar-refractivity contribution is -0.143. The highest BCUT2D eigenvalue weighted by molar-refractivity contribution is 5.80. The third-order valence-electron chi connectivity index (χ3n) is 4.86. The summed E-state index contributed by atoms with van der Waals surface area (Å²) in [6.07, 6.45) is -2.25. The van der Waals surface area contributed by atoms with E-state index in [9.17, 15) is 13.2 Å². The number of likely N-dealkylation sites (N-methyl/N-ethyl adjacent to an activating group) is 1. The number of alkyl halides is 3. The van der Waals surface area contributed by atoms with Gasteiger partial charge in [0.05, 0.1) is 13.1 Å². The predicted molar refractivity (Wildman–Crippen MR) is 98.6 cm³/mol.